The number of hydrogen-bond acceptors (Lipinski definition) is 5. The summed E-state index contributed by atoms with van der Waals surface area (Å²) < 4.78 is 19.2. The molecule has 0 aliphatic rings. The minimum absolute atomic E-state index is 0.0614. The molecule has 0 spiro atoms. The number of halogens is 1. The number of primary amides is 1. The molecule has 0 unspecified atom stereocenters. The molecule has 7 nitrogen and oxygen atoms in total. The lowest BCUT2D eigenvalue weighted by Gasteiger charge is -2.10. The van der Waals surface area contributed by atoms with E-state index in [1.807, 2.05) is 6.07 Å². The van der Waals surface area contributed by atoms with Crippen molar-refractivity contribution in [1.82, 2.24) is 5.32 Å². The summed E-state index contributed by atoms with van der Waals surface area (Å²) >= 11 is 0. The second-order valence-corrected chi connectivity index (χ2v) is 6.47. The van der Waals surface area contributed by atoms with E-state index in [9.17, 15) is 14.0 Å². The second-order valence-electron chi connectivity index (χ2n) is 6.47. The Morgan fingerprint density at radius 3 is 2.13 bits per heavy atom. The predicted molar refractivity (Wildman–Crippen MR) is 113 cm³/mol. The average Bonchev–Trinajstić information content (AvgIpc) is 2.77. The number of benzene rings is 3. The summed E-state index contributed by atoms with van der Waals surface area (Å²) in [7, 11) is 0. The number of ether oxygens (including phenoxy) is 1. The normalized spacial score (nSPS) is 10.1. The summed E-state index contributed by atoms with van der Waals surface area (Å²) in [5.74, 6) is -0.331. The molecule has 156 valence electrons. The first kappa shape index (κ1) is 21.3. The fraction of sp³-hybridized carbons (Fsp3) is 0.0870. The summed E-state index contributed by atoms with van der Waals surface area (Å²) in [5.41, 5.74) is 6.35. The fourth-order valence-electron chi connectivity index (χ4n) is 2.76. The maximum atomic E-state index is 13.6. The molecule has 0 aliphatic carbocycles. The third-order valence-corrected chi connectivity index (χ3v) is 4.34. The molecule has 0 heterocycles. The zero-order valence-electron chi connectivity index (χ0n) is 16.4. The Bertz CT molecular complexity index is 1120. The third kappa shape index (κ3) is 5.58. The van der Waals surface area contributed by atoms with Gasteiger partial charge in [-0.05, 0) is 60.7 Å². The number of nitriles is 1. The van der Waals surface area contributed by atoms with Gasteiger partial charge >= 0.3 is 0 Å². The van der Waals surface area contributed by atoms with E-state index in [-0.39, 0.29) is 18.0 Å². The van der Waals surface area contributed by atoms with Gasteiger partial charge in [-0.15, -0.1) is 0 Å². The number of nitrogens with two attached hydrogens (primary N) is 1. The van der Waals surface area contributed by atoms with Crippen LogP contribution in [0.5, 0.6) is 11.5 Å². The Morgan fingerprint density at radius 1 is 0.935 bits per heavy atom. The Hall–Kier alpha value is -4.38. The highest BCUT2D eigenvalue weighted by atomic mass is 19.1. The molecule has 0 aliphatic heterocycles. The summed E-state index contributed by atoms with van der Waals surface area (Å²) in [6.07, 6.45) is 0. The third-order valence-electron chi connectivity index (χ3n) is 4.34. The summed E-state index contributed by atoms with van der Waals surface area (Å²) in [5, 5.41) is 14.7. The van der Waals surface area contributed by atoms with Crippen LogP contribution in [-0.4, -0.2) is 24.9 Å². The fourth-order valence-corrected chi connectivity index (χ4v) is 2.76. The molecule has 0 saturated carbocycles. The molecule has 0 bridgehead atoms. The van der Waals surface area contributed by atoms with Gasteiger partial charge in [0.1, 0.15) is 28.9 Å². The van der Waals surface area contributed by atoms with Crippen molar-refractivity contribution in [1.29, 1.82) is 5.26 Å². The van der Waals surface area contributed by atoms with E-state index in [4.69, 9.17) is 15.7 Å². The van der Waals surface area contributed by atoms with Crippen LogP contribution in [0.15, 0.2) is 66.7 Å². The molecule has 0 radical (unpaired) electrons. The van der Waals surface area contributed by atoms with Gasteiger partial charge in [-0.25, -0.2) is 4.39 Å². The molecule has 3 aromatic rings. The Balaban J connectivity index is 1.49. The number of carbonyl (C=O) groups excluding carboxylic acids is 2. The van der Waals surface area contributed by atoms with E-state index in [1.54, 1.807) is 54.6 Å². The Labute approximate surface area is 178 Å². The van der Waals surface area contributed by atoms with Crippen molar-refractivity contribution in [2.75, 3.05) is 18.4 Å². The van der Waals surface area contributed by atoms with Crippen LogP contribution in [0.1, 0.15) is 26.3 Å². The first-order chi connectivity index (χ1) is 15.0. The topological polar surface area (TPSA) is 117 Å². The van der Waals surface area contributed by atoms with Crippen molar-refractivity contribution in [2.45, 2.75) is 0 Å². The van der Waals surface area contributed by atoms with E-state index >= 15 is 0 Å². The van der Waals surface area contributed by atoms with E-state index in [0.29, 0.717) is 34.9 Å². The van der Waals surface area contributed by atoms with Crippen molar-refractivity contribution >= 4 is 17.5 Å². The van der Waals surface area contributed by atoms with Crippen LogP contribution in [0.3, 0.4) is 0 Å². The van der Waals surface area contributed by atoms with Crippen molar-refractivity contribution in [3.8, 4) is 17.6 Å². The van der Waals surface area contributed by atoms with E-state index in [0.717, 1.165) is 0 Å². The number of nitrogens with one attached hydrogen (secondary N) is 2. The van der Waals surface area contributed by atoms with Crippen molar-refractivity contribution < 1.29 is 18.7 Å². The maximum absolute atomic E-state index is 13.6. The van der Waals surface area contributed by atoms with Gasteiger partial charge in [-0.2, -0.15) is 5.26 Å². The van der Waals surface area contributed by atoms with Gasteiger partial charge in [0.2, 0.25) is 5.91 Å². The number of rotatable bonds is 8. The number of carbonyl (C=O) groups is 2. The molecule has 3 rings (SSSR count). The largest absolute Gasteiger partial charge is 0.457 e. The van der Waals surface area contributed by atoms with E-state index in [2.05, 4.69) is 10.6 Å². The summed E-state index contributed by atoms with van der Waals surface area (Å²) in [6, 6.07) is 19.1. The van der Waals surface area contributed by atoms with Crippen LogP contribution in [0.4, 0.5) is 10.1 Å². The molecule has 3 aromatic carbocycles. The molecule has 4 N–H and O–H groups in total. The molecule has 0 fully saturated rings. The molecular weight excluding hydrogens is 399 g/mol. The summed E-state index contributed by atoms with van der Waals surface area (Å²) in [6.45, 7) is 0.608. The van der Waals surface area contributed by atoms with Crippen molar-refractivity contribution in [3.63, 3.8) is 0 Å². The Kier molecular flexibility index (Phi) is 6.81. The highest BCUT2D eigenvalue weighted by Crippen LogP contribution is 2.22. The van der Waals surface area contributed by atoms with Crippen LogP contribution >= 0.6 is 0 Å². The summed E-state index contributed by atoms with van der Waals surface area (Å²) in [4.78, 5) is 23.4. The zero-order valence-corrected chi connectivity index (χ0v) is 16.4. The number of nitrogens with zero attached hydrogens (tertiary/aromatic N) is 1. The molecule has 2 amide bonds. The number of amides is 2. The lowest BCUT2D eigenvalue weighted by molar-refractivity contribution is 0.0953. The quantitative estimate of drug-likeness (QED) is 0.485. The smallest absolute Gasteiger partial charge is 0.251 e. The van der Waals surface area contributed by atoms with Gasteiger partial charge in [0.05, 0.1) is 5.69 Å². The minimum atomic E-state index is -0.595. The van der Waals surface area contributed by atoms with Crippen LogP contribution < -0.4 is 21.1 Å². The SMILES string of the molecule is N#Cc1c(F)cccc1NCCNC(=O)c1ccc(Oc2ccc(C(N)=O)cc2)cc1. The standard InChI is InChI=1S/C23H19FN4O3/c24-20-2-1-3-21(19(20)14-25)27-12-13-28-23(30)16-6-10-18(11-7-16)31-17-8-4-15(5-9-17)22(26)29/h1-11,27H,12-13H2,(H2,26,29)(H,28,30). The van der Waals surface area contributed by atoms with Crippen LogP contribution in [0.25, 0.3) is 0 Å². The first-order valence-corrected chi connectivity index (χ1v) is 9.36. The van der Waals surface area contributed by atoms with Gasteiger partial charge in [0.15, 0.2) is 0 Å². The zero-order chi connectivity index (χ0) is 22.2. The Morgan fingerprint density at radius 2 is 1.55 bits per heavy atom. The van der Waals surface area contributed by atoms with E-state index in [1.165, 1.54) is 12.1 Å². The van der Waals surface area contributed by atoms with Gasteiger partial charge in [-0.1, -0.05) is 6.07 Å². The lowest BCUT2D eigenvalue weighted by Crippen LogP contribution is -2.28. The molecule has 0 saturated heterocycles. The number of anilines is 1. The maximum Gasteiger partial charge on any atom is 0.251 e. The molecule has 8 heteroatoms. The van der Waals surface area contributed by atoms with Crippen molar-refractivity contribution in [2.24, 2.45) is 5.73 Å². The van der Waals surface area contributed by atoms with Gasteiger partial charge in [-0.3, -0.25) is 9.59 Å². The van der Waals surface area contributed by atoms with Gasteiger partial charge < -0.3 is 21.1 Å². The monoisotopic (exact) mass is 418 g/mol. The minimum Gasteiger partial charge on any atom is -0.457 e. The second kappa shape index (κ2) is 9.89. The lowest BCUT2D eigenvalue weighted by atomic mass is 10.2. The van der Waals surface area contributed by atoms with Crippen molar-refractivity contribution in [3.05, 3.63) is 89.2 Å². The molecule has 31 heavy (non-hydrogen) atoms. The average molecular weight is 418 g/mol. The highest BCUT2D eigenvalue weighted by molar-refractivity contribution is 5.94. The van der Waals surface area contributed by atoms with Gasteiger partial charge in [0.25, 0.3) is 5.91 Å². The van der Waals surface area contributed by atoms with Crippen LogP contribution in [0.2, 0.25) is 0 Å². The van der Waals surface area contributed by atoms with Crippen LogP contribution in [0, 0.1) is 17.1 Å². The first-order valence-electron chi connectivity index (χ1n) is 9.36. The number of hydrogen-bond donors (Lipinski definition) is 3. The van der Waals surface area contributed by atoms with E-state index < -0.39 is 11.7 Å². The molecule has 0 atom stereocenters. The highest BCUT2D eigenvalue weighted by Gasteiger charge is 2.08. The molecular formula is C23H19FN4O3. The molecule has 0 aromatic heterocycles. The van der Waals surface area contributed by atoms with Gasteiger partial charge in [0, 0.05) is 24.2 Å². The predicted octanol–water partition coefficient (Wildman–Crippen LogP) is 3.43. The van der Waals surface area contributed by atoms with Crippen LogP contribution in [-0.2, 0) is 0 Å².